The van der Waals surface area contributed by atoms with Gasteiger partial charge in [0.15, 0.2) is 5.65 Å². The molecule has 1 fully saturated rings. The lowest BCUT2D eigenvalue weighted by Gasteiger charge is -2.32. The Labute approximate surface area is 164 Å². The lowest BCUT2D eigenvalue weighted by Crippen LogP contribution is -2.44. The van der Waals surface area contributed by atoms with E-state index < -0.39 is 0 Å². The van der Waals surface area contributed by atoms with E-state index >= 15 is 0 Å². The summed E-state index contributed by atoms with van der Waals surface area (Å²) in [5, 5.41) is 5.32. The van der Waals surface area contributed by atoms with Crippen molar-refractivity contribution < 1.29 is 4.74 Å². The van der Waals surface area contributed by atoms with Crippen LogP contribution in [-0.4, -0.2) is 70.8 Å². The summed E-state index contributed by atoms with van der Waals surface area (Å²) in [6, 6.07) is 11.5. The van der Waals surface area contributed by atoms with Crippen molar-refractivity contribution in [2.24, 2.45) is 0 Å². The van der Waals surface area contributed by atoms with E-state index in [2.05, 4.69) is 26.9 Å². The molecule has 1 aromatic carbocycles. The summed E-state index contributed by atoms with van der Waals surface area (Å²) in [4.78, 5) is 9.29. The molecule has 3 aromatic rings. The lowest BCUT2D eigenvalue weighted by molar-refractivity contribution is 0.145. The number of imidazole rings is 1. The Balaban J connectivity index is 1.38. The molecule has 0 spiro atoms. The Morgan fingerprint density at radius 1 is 1.04 bits per heavy atom. The zero-order valence-electron chi connectivity index (χ0n) is 15.5. The molecule has 0 aliphatic carbocycles. The third-order valence-corrected chi connectivity index (χ3v) is 5.19. The Hall–Kier alpha value is -2.15. The zero-order valence-corrected chi connectivity index (χ0v) is 16.3. The molecular formula is C20H24ClN5O. The van der Waals surface area contributed by atoms with Crippen LogP contribution in [0.15, 0.2) is 42.6 Å². The van der Waals surface area contributed by atoms with Gasteiger partial charge < -0.3 is 14.5 Å². The average molecular weight is 386 g/mol. The van der Waals surface area contributed by atoms with E-state index in [4.69, 9.17) is 16.3 Å². The molecule has 1 saturated heterocycles. The van der Waals surface area contributed by atoms with E-state index in [0.29, 0.717) is 17.5 Å². The third kappa shape index (κ3) is 4.40. The van der Waals surface area contributed by atoms with Crippen molar-refractivity contribution >= 4 is 17.2 Å². The highest BCUT2D eigenvalue weighted by molar-refractivity contribution is 6.30. The zero-order chi connectivity index (χ0) is 18.6. The van der Waals surface area contributed by atoms with E-state index in [-0.39, 0.29) is 0 Å². The van der Waals surface area contributed by atoms with Gasteiger partial charge in [0.05, 0.1) is 18.5 Å². The number of benzene rings is 1. The van der Waals surface area contributed by atoms with Gasteiger partial charge in [-0.1, -0.05) is 23.7 Å². The molecule has 27 heavy (non-hydrogen) atoms. The van der Waals surface area contributed by atoms with Crippen LogP contribution in [0.1, 0.15) is 6.42 Å². The fourth-order valence-corrected chi connectivity index (χ4v) is 3.41. The first-order valence-electron chi connectivity index (χ1n) is 9.33. The molecule has 0 bridgehead atoms. The van der Waals surface area contributed by atoms with E-state index in [9.17, 15) is 0 Å². The smallest absolute Gasteiger partial charge is 0.231 e. The Kier molecular flexibility index (Phi) is 5.57. The van der Waals surface area contributed by atoms with Gasteiger partial charge in [-0.2, -0.15) is 0 Å². The van der Waals surface area contributed by atoms with Crippen LogP contribution in [0.5, 0.6) is 5.88 Å². The van der Waals surface area contributed by atoms with Crippen LogP contribution in [0, 0.1) is 0 Å². The van der Waals surface area contributed by atoms with E-state index in [1.807, 2.05) is 47.1 Å². The van der Waals surface area contributed by atoms with Crippen molar-refractivity contribution in [1.29, 1.82) is 0 Å². The second-order valence-electron chi connectivity index (χ2n) is 6.94. The second-order valence-corrected chi connectivity index (χ2v) is 7.38. The Bertz CT molecular complexity index is 887. The summed E-state index contributed by atoms with van der Waals surface area (Å²) in [6.45, 7) is 6.30. The molecular weight excluding hydrogens is 362 g/mol. The third-order valence-electron chi connectivity index (χ3n) is 4.94. The topological polar surface area (TPSA) is 45.9 Å². The highest BCUT2D eigenvalue weighted by atomic mass is 35.5. The van der Waals surface area contributed by atoms with Crippen molar-refractivity contribution in [1.82, 2.24) is 24.4 Å². The summed E-state index contributed by atoms with van der Waals surface area (Å²) in [7, 11) is 2.18. The fourth-order valence-electron chi connectivity index (χ4n) is 3.29. The first-order chi connectivity index (χ1) is 13.2. The number of hydrogen-bond donors (Lipinski definition) is 0. The molecule has 0 atom stereocenters. The number of nitrogens with zero attached hydrogens (tertiary/aromatic N) is 5. The number of rotatable bonds is 6. The maximum atomic E-state index is 5.99. The summed E-state index contributed by atoms with van der Waals surface area (Å²) >= 11 is 5.99. The maximum Gasteiger partial charge on any atom is 0.231 e. The molecule has 0 unspecified atom stereocenters. The highest BCUT2D eigenvalue weighted by Gasteiger charge is 2.13. The molecule has 142 valence electrons. The van der Waals surface area contributed by atoms with E-state index in [0.717, 1.165) is 56.0 Å². The normalized spacial score (nSPS) is 16.1. The van der Waals surface area contributed by atoms with Crippen LogP contribution in [-0.2, 0) is 0 Å². The van der Waals surface area contributed by atoms with E-state index in [1.165, 1.54) is 0 Å². The minimum atomic E-state index is 0.620. The molecule has 0 amide bonds. The summed E-state index contributed by atoms with van der Waals surface area (Å²) in [5.41, 5.74) is 2.74. The van der Waals surface area contributed by atoms with Crippen molar-refractivity contribution in [3.8, 4) is 17.1 Å². The largest absolute Gasteiger partial charge is 0.477 e. The molecule has 0 saturated carbocycles. The van der Waals surface area contributed by atoms with Crippen LogP contribution in [0.3, 0.4) is 0 Å². The average Bonchev–Trinajstić information content (AvgIpc) is 3.10. The monoisotopic (exact) mass is 385 g/mol. The van der Waals surface area contributed by atoms with Gasteiger partial charge in [0.2, 0.25) is 5.88 Å². The predicted molar refractivity (Wildman–Crippen MR) is 107 cm³/mol. The Morgan fingerprint density at radius 2 is 1.81 bits per heavy atom. The van der Waals surface area contributed by atoms with Gasteiger partial charge in [-0.05, 0) is 31.7 Å². The van der Waals surface area contributed by atoms with Crippen LogP contribution in [0.4, 0.5) is 0 Å². The minimum Gasteiger partial charge on any atom is -0.477 e. The predicted octanol–water partition coefficient (Wildman–Crippen LogP) is 3.07. The molecule has 0 radical (unpaired) electrons. The molecule has 6 nitrogen and oxygen atoms in total. The van der Waals surface area contributed by atoms with Gasteiger partial charge in [0.1, 0.15) is 0 Å². The highest BCUT2D eigenvalue weighted by Crippen LogP contribution is 2.23. The molecule has 3 heterocycles. The molecule has 1 aliphatic heterocycles. The second kappa shape index (κ2) is 8.25. The molecule has 0 N–H and O–H groups in total. The number of fused-ring (bicyclic) bond motifs is 1. The minimum absolute atomic E-state index is 0.620. The van der Waals surface area contributed by atoms with Crippen molar-refractivity contribution in [3.63, 3.8) is 0 Å². The SMILES string of the molecule is CN1CCN(CCCOc2ccc3ncc(-c4ccc(Cl)cc4)n3n2)CC1. The van der Waals surface area contributed by atoms with Crippen molar-refractivity contribution in [3.05, 3.63) is 47.6 Å². The molecule has 2 aromatic heterocycles. The first kappa shape index (κ1) is 18.2. The fraction of sp³-hybridized carbons (Fsp3) is 0.400. The summed E-state index contributed by atoms with van der Waals surface area (Å²) < 4.78 is 7.71. The van der Waals surface area contributed by atoms with Crippen LogP contribution in [0.25, 0.3) is 16.9 Å². The van der Waals surface area contributed by atoms with Crippen LogP contribution >= 0.6 is 11.6 Å². The van der Waals surface area contributed by atoms with Gasteiger partial charge in [-0.25, -0.2) is 9.50 Å². The summed E-state index contributed by atoms with van der Waals surface area (Å²) in [5.74, 6) is 0.620. The molecule has 1 aliphatic rings. The van der Waals surface area contributed by atoms with Crippen molar-refractivity contribution in [2.45, 2.75) is 6.42 Å². The van der Waals surface area contributed by atoms with Gasteiger partial charge >= 0.3 is 0 Å². The number of halogens is 1. The maximum absolute atomic E-state index is 5.99. The van der Waals surface area contributed by atoms with Crippen LogP contribution in [0.2, 0.25) is 5.02 Å². The first-order valence-corrected chi connectivity index (χ1v) is 9.71. The summed E-state index contributed by atoms with van der Waals surface area (Å²) in [6.07, 6.45) is 2.82. The number of piperazine rings is 1. The number of hydrogen-bond acceptors (Lipinski definition) is 5. The van der Waals surface area contributed by atoms with Gasteiger partial charge in [0.25, 0.3) is 0 Å². The molecule has 4 rings (SSSR count). The quantitative estimate of drug-likeness (QED) is 0.610. The standard InChI is InChI=1S/C20H24ClN5O/c1-24-10-12-25(13-11-24)9-2-14-27-20-8-7-19-22-15-18(26(19)23-20)16-3-5-17(21)6-4-16/h3-8,15H,2,9-14H2,1H3. The number of likely N-dealkylation sites (N-methyl/N-ethyl adjacent to an activating group) is 1. The van der Waals surface area contributed by atoms with Gasteiger partial charge in [-0.3, -0.25) is 0 Å². The van der Waals surface area contributed by atoms with Crippen LogP contribution < -0.4 is 4.74 Å². The number of ether oxygens (including phenoxy) is 1. The lowest BCUT2D eigenvalue weighted by atomic mass is 10.2. The van der Waals surface area contributed by atoms with Crippen molar-refractivity contribution in [2.75, 3.05) is 46.4 Å². The van der Waals surface area contributed by atoms with Gasteiger partial charge in [0, 0.05) is 49.4 Å². The number of aromatic nitrogens is 3. The Morgan fingerprint density at radius 3 is 2.59 bits per heavy atom. The van der Waals surface area contributed by atoms with Gasteiger partial charge in [-0.15, -0.1) is 5.10 Å². The molecule has 7 heteroatoms. The van der Waals surface area contributed by atoms with E-state index in [1.54, 1.807) is 0 Å².